The Labute approximate surface area is 166 Å². The second-order valence-corrected chi connectivity index (χ2v) is 7.93. The van der Waals surface area contributed by atoms with E-state index in [4.69, 9.17) is 22.1 Å². The first kappa shape index (κ1) is 20.9. The Bertz CT molecular complexity index is 805. The van der Waals surface area contributed by atoms with Gasteiger partial charge in [-0.25, -0.2) is 9.59 Å². The lowest BCUT2D eigenvalue weighted by atomic mass is 10.0. The van der Waals surface area contributed by atoms with E-state index in [0.29, 0.717) is 11.3 Å². The molecule has 144 valence electrons. The number of ether oxygens (including phenoxy) is 1. The van der Waals surface area contributed by atoms with Crippen LogP contribution in [0.4, 0.5) is 0 Å². The molecule has 0 bridgehead atoms. The summed E-state index contributed by atoms with van der Waals surface area (Å²) < 4.78 is 5.41. The van der Waals surface area contributed by atoms with Gasteiger partial charge >= 0.3 is 11.9 Å². The standard InChI is InChI=1S/C18H19NO6S2/c1-10(2)7-12(17(23)24)19-16(22)14(27-18(19)26)8-11-5-3-4-6-13(11)25-9-15(20)21/h3-6,8,10,12H,7,9H2,1-2H3,(H,20,21)(H,23,24). The fraction of sp³-hybridized carbons (Fsp3) is 0.333. The fourth-order valence-corrected chi connectivity index (χ4v) is 3.87. The molecule has 2 rings (SSSR count). The highest BCUT2D eigenvalue weighted by atomic mass is 32.2. The Balaban J connectivity index is 2.31. The number of carboxylic acids is 2. The number of carbonyl (C=O) groups excluding carboxylic acids is 1. The first-order valence-electron chi connectivity index (χ1n) is 8.14. The molecule has 1 heterocycles. The number of hydrogen-bond acceptors (Lipinski definition) is 6. The average Bonchev–Trinajstić information content (AvgIpc) is 2.85. The Kier molecular flexibility index (Phi) is 6.98. The van der Waals surface area contributed by atoms with Crippen LogP contribution < -0.4 is 4.74 Å². The zero-order valence-corrected chi connectivity index (χ0v) is 16.4. The number of para-hydroxylation sites is 1. The summed E-state index contributed by atoms with van der Waals surface area (Å²) >= 11 is 6.25. The molecule has 1 unspecified atom stereocenters. The van der Waals surface area contributed by atoms with E-state index in [1.54, 1.807) is 24.3 Å². The Morgan fingerprint density at radius 1 is 1.30 bits per heavy atom. The molecule has 2 N–H and O–H groups in total. The number of carboxylic acid groups (broad SMARTS) is 2. The first-order chi connectivity index (χ1) is 12.7. The second kappa shape index (κ2) is 9.01. The van der Waals surface area contributed by atoms with Crippen molar-refractivity contribution < 1.29 is 29.3 Å². The fourth-order valence-electron chi connectivity index (χ4n) is 2.52. The van der Waals surface area contributed by atoms with Gasteiger partial charge in [0.15, 0.2) is 6.61 Å². The van der Waals surface area contributed by atoms with Crippen molar-refractivity contribution in [2.24, 2.45) is 5.92 Å². The van der Waals surface area contributed by atoms with Crippen molar-refractivity contribution in [3.8, 4) is 5.75 Å². The van der Waals surface area contributed by atoms with Crippen LogP contribution in [0.3, 0.4) is 0 Å². The Hall–Kier alpha value is -2.39. The molecule has 27 heavy (non-hydrogen) atoms. The molecule has 1 fully saturated rings. The minimum absolute atomic E-state index is 0.0740. The van der Waals surface area contributed by atoms with Crippen LogP contribution in [0.25, 0.3) is 6.08 Å². The molecule has 7 nitrogen and oxygen atoms in total. The molecule has 1 aromatic carbocycles. The maximum atomic E-state index is 12.8. The topological polar surface area (TPSA) is 104 Å². The van der Waals surface area contributed by atoms with Gasteiger partial charge in [-0.15, -0.1) is 0 Å². The van der Waals surface area contributed by atoms with Crippen molar-refractivity contribution in [3.63, 3.8) is 0 Å². The largest absolute Gasteiger partial charge is 0.481 e. The zero-order valence-electron chi connectivity index (χ0n) is 14.7. The monoisotopic (exact) mass is 409 g/mol. The molecule has 1 aromatic rings. The molecule has 1 atom stereocenters. The summed E-state index contributed by atoms with van der Waals surface area (Å²) in [5, 5.41) is 18.3. The zero-order chi connectivity index (χ0) is 20.1. The summed E-state index contributed by atoms with van der Waals surface area (Å²) in [7, 11) is 0. The van der Waals surface area contributed by atoms with Gasteiger partial charge in [0.25, 0.3) is 5.91 Å². The molecular weight excluding hydrogens is 390 g/mol. The van der Waals surface area contributed by atoms with E-state index in [1.807, 2.05) is 13.8 Å². The van der Waals surface area contributed by atoms with Gasteiger partial charge in [0.2, 0.25) is 0 Å². The Morgan fingerprint density at radius 3 is 2.56 bits per heavy atom. The van der Waals surface area contributed by atoms with E-state index in [2.05, 4.69) is 0 Å². The van der Waals surface area contributed by atoms with E-state index < -0.39 is 30.5 Å². The van der Waals surface area contributed by atoms with Gasteiger partial charge < -0.3 is 14.9 Å². The minimum Gasteiger partial charge on any atom is -0.481 e. The minimum atomic E-state index is -1.12. The highest BCUT2D eigenvalue weighted by Crippen LogP contribution is 2.36. The molecule has 1 aliphatic heterocycles. The van der Waals surface area contributed by atoms with Crippen molar-refractivity contribution in [2.75, 3.05) is 6.61 Å². The van der Waals surface area contributed by atoms with Crippen LogP contribution in [0.1, 0.15) is 25.8 Å². The van der Waals surface area contributed by atoms with Crippen LogP contribution in [0, 0.1) is 5.92 Å². The van der Waals surface area contributed by atoms with Crippen molar-refractivity contribution >= 4 is 52.2 Å². The number of benzene rings is 1. The van der Waals surface area contributed by atoms with E-state index >= 15 is 0 Å². The summed E-state index contributed by atoms with van der Waals surface area (Å²) in [5.41, 5.74) is 0.509. The molecule has 0 radical (unpaired) electrons. The summed E-state index contributed by atoms with van der Waals surface area (Å²) in [6.07, 6.45) is 1.82. The summed E-state index contributed by atoms with van der Waals surface area (Å²) in [6, 6.07) is 5.64. The third-order valence-electron chi connectivity index (χ3n) is 3.67. The highest BCUT2D eigenvalue weighted by molar-refractivity contribution is 8.26. The number of rotatable bonds is 8. The smallest absolute Gasteiger partial charge is 0.341 e. The molecule has 0 aromatic heterocycles. The number of thioether (sulfide) groups is 1. The average molecular weight is 409 g/mol. The maximum Gasteiger partial charge on any atom is 0.341 e. The molecule has 9 heteroatoms. The van der Waals surface area contributed by atoms with E-state index in [1.165, 1.54) is 6.08 Å². The predicted molar refractivity (Wildman–Crippen MR) is 105 cm³/mol. The summed E-state index contributed by atoms with van der Waals surface area (Å²) in [4.78, 5) is 36.5. The van der Waals surface area contributed by atoms with Crippen LogP contribution in [0.15, 0.2) is 29.2 Å². The van der Waals surface area contributed by atoms with Crippen LogP contribution >= 0.6 is 24.0 Å². The number of thiocarbonyl (C=S) groups is 1. The number of aliphatic carboxylic acids is 2. The summed E-state index contributed by atoms with van der Waals surface area (Å²) in [6.45, 7) is 3.24. The third kappa shape index (κ3) is 5.30. The van der Waals surface area contributed by atoms with E-state index in [-0.39, 0.29) is 21.6 Å². The van der Waals surface area contributed by atoms with Crippen molar-refractivity contribution in [3.05, 3.63) is 34.7 Å². The van der Waals surface area contributed by atoms with Crippen molar-refractivity contribution in [2.45, 2.75) is 26.3 Å². The molecule has 1 saturated heterocycles. The van der Waals surface area contributed by atoms with Crippen LogP contribution in [0.5, 0.6) is 5.75 Å². The molecule has 1 amide bonds. The molecule has 0 saturated carbocycles. The van der Waals surface area contributed by atoms with Gasteiger partial charge in [-0.2, -0.15) is 0 Å². The van der Waals surface area contributed by atoms with E-state index in [0.717, 1.165) is 16.7 Å². The highest BCUT2D eigenvalue weighted by Gasteiger charge is 2.40. The van der Waals surface area contributed by atoms with Gasteiger partial charge in [-0.3, -0.25) is 9.69 Å². The number of amides is 1. The third-order valence-corrected chi connectivity index (χ3v) is 5.00. The lowest BCUT2D eigenvalue weighted by Crippen LogP contribution is -2.44. The van der Waals surface area contributed by atoms with Crippen LogP contribution in [-0.4, -0.2) is 49.9 Å². The molecule has 0 spiro atoms. The van der Waals surface area contributed by atoms with Crippen molar-refractivity contribution in [1.82, 2.24) is 4.90 Å². The normalized spacial score (nSPS) is 16.9. The molecule has 0 aliphatic carbocycles. The number of carbonyl (C=O) groups is 3. The lowest BCUT2D eigenvalue weighted by Gasteiger charge is -2.24. The summed E-state index contributed by atoms with van der Waals surface area (Å²) in [5.74, 6) is -2.32. The maximum absolute atomic E-state index is 12.8. The predicted octanol–water partition coefficient (Wildman–Crippen LogP) is 2.85. The van der Waals surface area contributed by atoms with Crippen LogP contribution in [0.2, 0.25) is 0 Å². The molecular formula is C18H19NO6S2. The lowest BCUT2D eigenvalue weighted by molar-refractivity contribution is -0.145. The van der Waals surface area contributed by atoms with Gasteiger partial charge in [-0.1, -0.05) is 56.0 Å². The number of hydrogen-bond donors (Lipinski definition) is 2. The quantitative estimate of drug-likeness (QED) is 0.499. The first-order valence-corrected chi connectivity index (χ1v) is 9.36. The SMILES string of the molecule is CC(C)CC(C(=O)O)N1C(=O)C(=Cc2ccccc2OCC(=O)O)SC1=S. The van der Waals surface area contributed by atoms with Gasteiger partial charge in [0, 0.05) is 5.56 Å². The van der Waals surface area contributed by atoms with Gasteiger partial charge in [0.1, 0.15) is 16.1 Å². The molecule has 1 aliphatic rings. The van der Waals surface area contributed by atoms with Gasteiger partial charge in [0.05, 0.1) is 4.91 Å². The van der Waals surface area contributed by atoms with Crippen molar-refractivity contribution in [1.29, 1.82) is 0 Å². The number of nitrogens with zero attached hydrogens (tertiary/aromatic N) is 1. The second-order valence-electron chi connectivity index (χ2n) is 6.26. The Morgan fingerprint density at radius 2 is 1.96 bits per heavy atom. The van der Waals surface area contributed by atoms with Gasteiger partial charge in [-0.05, 0) is 24.5 Å². The van der Waals surface area contributed by atoms with Crippen LogP contribution in [-0.2, 0) is 14.4 Å². The van der Waals surface area contributed by atoms with E-state index in [9.17, 15) is 19.5 Å².